The van der Waals surface area contributed by atoms with Gasteiger partial charge >= 0.3 is 6.09 Å². The van der Waals surface area contributed by atoms with Gasteiger partial charge in [0.1, 0.15) is 12.6 Å². The second-order valence-electron chi connectivity index (χ2n) is 5.48. The Balaban J connectivity index is 1.80. The Hall–Kier alpha value is -3.28. The number of carbonyl (C=O) groups excluding carboxylic acids is 2. The van der Waals surface area contributed by atoms with Crippen molar-refractivity contribution < 1.29 is 24.2 Å². The maximum Gasteiger partial charge on any atom is 0.417 e. The van der Waals surface area contributed by atoms with Crippen molar-refractivity contribution in [1.29, 1.82) is 0 Å². The molecule has 3 rings (SSSR count). The third-order valence-corrected chi connectivity index (χ3v) is 3.92. The number of hydrogen-bond acceptors (Lipinski definition) is 5. The molecule has 1 fully saturated rings. The molecule has 1 N–H and O–H groups in total. The van der Waals surface area contributed by atoms with Crippen LogP contribution in [0.2, 0.25) is 0 Å². The molecule has 2 amide bonds. The lowest BCUT2D eigenvalue weighted by Crippen LogP contribution is -2.32. The minimum absolute atomic E-state index is 0.0123. The Morgan fingerprint density at radius 3 is 2.76 bits per heavy atom. The first kappa shape index (κ1) is 16.6. The number of nitrogens with zero attached hydrogens (tertiary/aromatic N) is 1. The molecule has 25 heavy (non-hydrogen) atoms. The average Bonchev–Trinajstić information content (AvgIpc) is 3.03. The van der Waals surface area contributed by atoms with E-state index < -0.39 is 18.0 Å². The molecule has 0 radical (unpaired) electrons. The summed E-state index contributed by atoms with van der Waals surface area (Å²) < 4.78 is 10.1. The van der Waals surface area contributed by atoms with Gasteiger partial charge in [0.05, 0.1) is 7.11 Å². The molecule has 1 saturated heterocycles. The molecule has 1 atom stereocenters. The van der Waals surface area contributed by atoms with E-state index in [1.165, 1.54) is 19.3 Å². The maximum absolute atomic E-state index is 12.5. The lowest BCUT2D eigenvalue weighted by Gasteiger charge is -2.18. The molecule has 6 nitrogen and oxygen atoms in total. The standard InChI is InChI=1S/C19H17NO5/c1-24-17-11-13(7-9-16(17)21)8-10-18(22)20-15(12-25-19(20)23)14-5-3-2-4-6-14/h2-11,15,21H,12H2,1H3/b10-8+/t15-/m1/s1. The Bertz CT molecular complexity index is 816. The predicted octanol–water partition coefficient (Wildman–Crippen LogP) is 3.13. The summed E-state index contributed by atoms with van der Waals surface area (Å²) in [5, 5.41) is 9.60. The number of aromatic hydroxyl groups is 1. The van der Waals surface area contributed by atoms with E-state index in [0.29, 0.717) is 11.3 Å². The molecule has 0 spiro atoms. The molecular formula is C19H17NO5. The van der Waals surface area contributed by atoms with Gasteiger partial charge in [-0.05, 0) is 29.3 Å². The van der Waals surface area contributed by atoms with Crippen molar-refractivity contribution in [2.75, 3.05) is 13.7 Å². The third-order valence-electron chi connectivity index (χ3n) is 3.92. The van der Waals surface area contributed by atoms with Crippen molar-refractivity contribution in [2.45, 2.75) is 6.04 Å². The van der Waals surface area contributed by atoms with Gasteiger partial charge in [0.2, 0.25) is 0 Å². The van der Waals surface area contributed by atoms with Crippen LogP contribution in [0.4, 0.5) is 4.79 Å². The number of ether oxygens (including phenoxy) is 2. The molecule has 0 bridgehead atoms. The van der Waals surface area contributed by atoms with Crippen LogP contribution in [0, 0.1) is 0 Å². The van der Waals surface area contributed by atoms with E-state index in [0.717, 1.165) is 10.5 Å². The summed E-state index contributed by atoms with van der Waals surface area (Å²) >= 11 is 0. The molecule has 0 unspecified atom stereocenters. The summed E-state index contributed by atoms with van der Waals surface area (Å²) in [5.74, 6) is -0.154. The largest absolute Gasteiger partial charge is 0.504 e. The number of methoxy groups -OCH3 is 1. The van der Waals surface area contributed by atoms with Crippen molar-refractivity contribution >= 4 is 18.1 Å². The van der Waals surface area contributed by atoms with Gasteiger partial charge in [-0.15, -0.1) is 0 Å². The molecule has 128 valence electrons. The molecule has 0 aliphatic carbocycles. The summed E-state index contributed by atoms with van der Waals surface area (Å²) in [7, 11) is 1.44. The smallest absolute Gasteiger partial charge is 0.417 e. The zero-order valence-corrected chi connectivity index (χ0v) is 13.6. The van der Waals surface area contributed by atoms with Gasteiger partial charge in [0.25, 0.3) is 5.91 Å². The van der Waals surface area contributed by atoms with Crippen LogP contribution in [0.25, 0.3) is 6.08 Å². The fourth-order valence-electron chi connectivity index (χ4n) is 2.63. The van der Waals surface area contributed by atoms with Crippen molar-refractivity contribution in [3.63, 3.8) is 0 Å². The summed E-state index contributed by atoms with van der Waals surface area (Å²) in [5.41, 5.74) is 1.49. The number of rotatable bonds is 4. The van der Waals surface area contributed by atoms with Crippen LogP contribution in [0.3, 0.4) is 0 Å². The van der Waals surface area contributed by atoms with E-state index in [2.05, 4.69) is 0 Å². The van der Waals surface area contributed by atoms with Crippen molar-refractivity contribution in [1.82, 2.24) is 4.90 Å². The van der Waals surface area contributed by atoms with Gasteiger partial charge in [-0.25, -0.2) is 9.69 Å². The first-order valence-corrected chi connectivity index (χ1v) is 7.70. The zero-order valence-electron chi connectivity index (χ0n) is 13.6. The van der Waals surface area contributed by atoms with Crippen molar-refractivity contribution in [3.05, 3.63) is 65.7 Å². The summed E-state index contributed by atoms with van der Waals surface area (Å²) in [6, 6.07) is 13.5. The minimum Gasteiger partial charge on any atom is -0.504 e. The molecular weight excluding hydrogens is 322 g/mol. The van der Waals surface area contributed by atoms with Crippen LogP contribution in [0.5, 0.6) is 11.5 Å². The lowest BCUT2D eigenvalue weighted by molar-refractivity contribution is -0.124. The first-order valence-electron chi connectivity index (χ1n) is 7.70. The van der Waals surface area contributed by atoms with E-state index in [1.54, 1.807) is 18.2 Å². The SMILES string of the molecule is COc1cc(/C=C/C(=O)N2C(=O)OC[C@@H]2c2ccccc2)ccc1O. The summed E-state index contributed by atoms with van der Waals surface area (Å²) in [6.45, 7) is 0.134. The van der Waals surface area contributed by atoms with Gasteiger partial charge in [0, 0.05) is 6.08 Å². The van der Waals surface area contributed by atoms with Crippen LogP contribution >= 0.6 is 0 Å². The fraction of sp³-hybridized carbons (Fsp3) is 0.158. The number of imide groups is 1. The van der Waals surface area contributed by atoms with E-state index in [1.807, 2.05) is 30.3 Å². The van der Waals surface area contributed by atoms with Crippen LogP contribution in [-0.2, 0) is 9.53 Å². The van der Waals surface area contributed by atoms with Crippen LogP contribution in [0.1, 0.15) is 17.2 Å². The van der Waals surface area contributed by atoms with Crippen LogP contribution < -0.4 is 4.74 Å². The molecule has 2 aromatic rings. The summed E-state index contributed by atoms with van der Waals surface area (Å²) in [4.78, 5) is 25.5. The second-order valence-corrected chi connectivity index (χ2v) is 5.48. The van der Waals surface area contributed by atoms with E-state index >= 15 is 0 Å². The second kappa shape index (κ2) is 7.09. The highest BCUT2D eigenvalue weighted by Gasteiger charge is 2.37. The Labute approximate surface area is 144 Å². The lowest BCUT2D eigenvalue weighted by atomic mass is 10.1. The van der Waals surface area contributed by atoms with Crippen LogP contribution in [-0.4, -0.2) is 35.7 Å². The molecule has 2 aromatic carbocycles. The number of benzene rings is 2. The number of amides is 2. The van der Waals surface area contributed by atoms with Gasteiger partial charge in [0.15, 0.2) is 11.5 Å². The quantitative estimate of drug-likeness (QED) is 0.866. The summed E-state index contributed by atoms with van der Waals surface area (Å²) in [6.07, 6.45) is 2.19. The highest BCUT2D eigenvalue weighted by atomic mass is 16.6. The monoisotopic (exact) mass is 339 g/mol. The number of phenolic OH excluding ortho intramolecular Hbond substituents is 1. The Kier molecular flexibility index (Phi) is 4.70. The number of hydrogen-bond donors (Lipinski definition) is 1. The molecule has 1 aliphatic rings. The topological polar surface area (TPSA) is 76.1 Å². The molecule has 1 aliphatic heterocycles. The highest BCUT2D eigenvalue weighted by Crippen LogP contribution is 2.29. The number of cyclic esters (lactones) is 1. The van der Waals surface area contributed by atoms with Crippen molar-refractivity contribution in [3.8, 4) is 11.5 Å². The minimum atomic E-state index is -0.660. The normalized spacial score (nSPS) is 16.9. The van der Waals surface area contributed by atoms with Gasteiger partial charge in [-0.2, -0.15) is 0 Å². The molecule has 1 heterocycles. The van der Waals surface area contributed by atoms with Gasteiger partial charge in [-0.3, -0.25) is 4.79 Å². The van der Waals surface area contributed by atoms with Gasteiger partial charge in [-0.1, -0.05) is 36.4 Å². The van der Waals surface area contributed by atoms with Gasteiger partial charge < -0.3 is 14.6 Å². The van der Waals surface area contributed by atoms with E-state index in [-0.39, 0.29) is 12.4 Å². The van der Waals surface area contributed by atoms with Crippen LogP contribution in [0.15, 0.2) is 54.6 Å². The predicted molar refractivity (Wildman–Crippen MR) is 91.1 cm³/mol. The molecule has 6 heteroatoms. The molecule has 0 saturated carbocycles. The Morgan fingerprint density at radius 2 is 2.04 bits per heavy atom. The highest BCUT2D eigenvalue weighted by molar-refractivity contribution is 6.02. The fourth-order valence-corrected chi connectivity index (χ4v) is 2.63. The first-order chi connectivity index (χ1) is 12.1. The van der Waals surface area contributed by atoms with E-state index in [9.17, 15) is 14.7 Å². The number of carbonyl (C=O) groups is 2. The number of phenols is 1. The molecule has 0 aromatic heterocycles. The third kappa shape index (κ3) is 3.47. The Morgan fingerprint density at radius 1 is 1.28 bits per heavy atom. The maximum atomic E-state index is 12.5. The average molecular weight is 339 g/mol. The van der Waals surface area contributed by atoms with Crippen molar-refractivity contribution in [2.24, 2.45) is 0 Å². The van der Waals surface area contributed by atoms with E-state index in [4.69, 9.17) is 9.47 Å². The zero-order chi connectivity index (χ0) is 17.8.